The zero-order chi connectivity index (χ0) is 41.1. The van der Waals surface area contributed by atoms with Crippen LogP contribution in [0.2, 0.25) is 0 Å². The molecule has 2 aliphatic carbocycles. The highest BCUT2D eigenvalue weighted by molar-refractivity contribution is 6.14. The van der Waals surface area contributed by atoms with Crippen LogP contribution in [0.5, 0.6) is 0 Å². The third kappa shape index (κ3) is 7.03. The highest BCUT2D eigenvalue weighted by Crippen LogP contribution is 2.53. The molecule has 0 saturated heterocycles. The second-order valence-corrected chi connectivity index (χ2v) is 17.4. The van der Waals surface area contributed by atoms with Crippen LogP contribution in [0.25, 0.3) is 44.3 Å². The molecule has 0 aliphatic heterocycles. The summed E-state index contributed by atoms with van der Waals surface area (Å²) >= 11 is 0. The highest BCUT2D eigenvalue weighted by Gasteiger charge is 2.38. The molecule has 6 aromatic carbocycles. The van der Waals surface area contributed by atoms with E-state index >= 15 is 0 Å². The molecule has 292 valence electrons. The zero-order valence-corrected chi connectivity index (χ0v) is 34.3. The molecule has 58 heavy (non-hydrogen) atoms. The second-order valence-electron chi connectivity index (χ2n) is 17.4. The number of fused-ring (bicyclic) bond motifs is 5. The maximum Gasteiger partial charge on any atom is 0.335 e. The molecule has 6 nitrogen and oxygen atoms in total. The highest BCUT2D eigenvalue weighted by atomic mass is 16.4. The average Bonchev–Trinajstić information content (AvgIpc) is 3.20. The molecule has 0 bridgehead atoms. The fourth-order valence-electron chi connectivity index (χ4n) is 9.09. The van der Waals surface area contributed by atoms with Gasteiger partial charge < -0.3 is 20.0 Å². The number of hydrogen-bond donors (Lipinski definition) is 2. The number of aliphatic hydroxyl groups excluding tert-OH is 1. The van der Waals surface area contributed by atoms with Crippen molar-refractivity contribution in [2.24, 2.45) is 5.41 Å². The lowest BCUT2D eigenvalue weighted by Crippen LogP contribution is -2.30. The van der Waals surface area contributed by atoms with Gasteiger partial charge in [0.05, 0.1) is 17.4 Å². The molecule has 0 spiro atoms. The van der Waals surface area contributed by atoms with Crippen molar-refractivity contribution in [1.82, 2.24) is 0 Å². The van der Waals surface area contributed by atoms with Crippen molar-refractivity contribution < 1.29 is 19.8 Å². The molecule has 1 atom stereocenters. The fourth-order valence-corrected chi connectivity index (χ4v) is 9.09. The predicted octanol–water partition coefficient (Wildman–Crippen LogP) is 11.9. The maximum absolute atomic E-state index is 14.6. The molecule has 0 heterocycles. The summed E-state index contributed by atoms with van der Waals surface area (Å²) < 4.78 is 0. The van der Waals surface area contributed by atoms with Crippen LogP contribution in [0.3, 0.4) is 0 Å². The first-order valence-electron chi connectivity index (χ1n) is 19.9. The van der Waals surface area contributed by atoms with E-state index in [0.29, 0.717) is 5.56 Å². The molecule has 6 heteroatoms. The minimum atomic E-state index is -0.996. The summed E-state index contributed by atoms with van der Waals surface area (Å²) in [6.45, 7) is 9.26. The van der Waals surface area contributed by atoms with Gasteiger partial charge in [0.1, 0.15) is 0 Å². The number of allylic oxidation sites excluding steroid dienone is 4. The number of nitrogens with zero attached hydrogens (tertiary/aromatic N) is 2. The molecule has 2 aliphatic rings. The summed E-state index contributed by atoms with van der Waals surface area (Å²) in [5, 5.41) is 25.4. The van der Waals surface area contributed by atoms with E-state index in [4.69, 9.17) is 0 Å². The zero-order valence-electron chi connectivity index (χ0n) is 34.3. The van der Waals surface area contributed by atoms with Crippen LogP contribution in [0, 0.1) is 5.41 Å². The first-order chi connectivity index (χ1) is 27.6. The van der Waals surface area contributed by atoms with E-state index in [1.165, 1.54) is 22.3 Å². The van der Waals surface area contributed by atoms with Crippen LogP contribution in [0.1, 0.15) is 89.6 Å². The quantitative estimate of drug-likeness (QED) is 0.161. The first kappa shape index (κ1) is 38.6. The fraction of sp³-hybridized carbons (Fsp3) is 0.231. The molecular formula is C52H50N2O4. The number of amides is 1. The molecule has 0 aromatic heterocycles. The normalized spacial score (nSPS) is 16.0. The van der Waals surface area contributed by atoms with E-state index in [-0.39, 0.29) is 22.3 Å². The smallest absolute Gasteiger partial charge is 0.335 e. The Bertz CT molecular complexity index is 2710. The molecule has 8 rings (SSSR count). The largest absolute Gasteiger partial charge is 0.478 e. The van der Waals surface area contributed by atoms with Crippen LogP contribution >= 0.6 is 0 Å². The van der Waals surface area contributed by atoms with Gasteiger partial charge in [0, 0.05) is 43.3 Å². The van der Waals surface area contributed by atoms with Gasteiger partial charge in [0.15, 0.2) is 0 Å². The van der Waals surface area contributed by atoms with Gasteiger partial charge in [-0.05, 0) is 122 Å². The van der Waals surface area contributed by atoms with Gasteiger partial charge in [-0.2, -0.15) is 0 Å². The van der Waals surface area contributed by atoms with Crippen molar-refractivity contribution in [2.75, 3.05) is 30.9 Å². The number of hydrogen-bond acceptors (Lipinski definition) is 4. The van der Waals surface area contributed by atoms with E-state index in [9.17, 15) is 19.8 Å². The van der Waals surface area contributed by atoms with E-state index in [2.05, 4.69) is 76.2 Å². The van der Waals surface area contributed by atoms with E-state index in [1.807, 2.05) is 80.6 Å². The van der Waals surface area contributed by atoms with E-state index in [1.54, 1.807) is 35.2 Å². The SMILES string of the molecule is CN(C)c1ccc(C(=O)N(C)c2cc(-c3ccc4ccccc4c3C(O)C=Cc3ccc(C(=O)O)cc3)cc3ccc4c(c23)C(C)(C)CC2=C4C=CC(C)(C)C2)cc1. The third-order valence-corrected chi connectivity index (χ3v) is 12.0. The number of rotatable bonds is 8. The summed E-state index contributed by atoms with van der Waals surface area (Å²) in [4.78, 5) is 29.9. The number of carboxylic acids is 1. The van der Waals surface area contributed by atoms with Crippen LogP contribution in [-0.4, -0.2) is 43.2 Å². The van der Waals surface area contributed by atoms with Crippen molar-refractivity contribution >= 4 is 56.4 Å². The molecule has 0 saturated carbocycles. The van der Waals surface area contributed by atoms with Gasteiger partial charge >= 0.3 is 5.97 Å². The maximum atomic E-state index is 14.6. The van der Waals surface area contributed by atoms with Crippen LogP contribution in [-0.2, 0) is 5.41 Å². The van der Waals surface area contributed by atoms with Crippen molar-refractivity contribution in [3.63, 3.8) is 0 Å². The lowest BCUT2D eigenvalue weighted by atomic mass is 9.64. The Labute approximate surface area is 341 Å². The predicted molar refractivity (Wildman–Crippen MR) is 240 cm³/mol. The number of anilines is 2. The Hall–Kier alpha value is -6.24. The van der Waals surface area contributed by atoms with E-state index < -0.39 is 12.1 Å². The Morgan fingerprint density at radius 2 is 1.43 bits per heavy atom. The van der Waals surface area contributed by atoms with Crippen molar-refractivity contribution in [3.05, 3.63) is 166 Å². The summed E-state index contributed by atoms with van der Waals surface area (Å²) in [7, 11) is 5.85. The lowest BCUT2D eigenvalue weighted by molar-refractivity contribution is 0.0696. The molecule has 6 aromatic rings. The van der Waals surface area contributed by atoms with Gasteiger partial charge in [-0.1, -0.05) is 118 Å². The van der Waals surface area contributed by atoms with Gasteiger partial charge in [0.25, 0.3) is 5.91 Å². The summed E-state index contributed by atoms with van der Waals surface area (Å²) in [5.74, 6) is -1.09. The van der Waals surface area contributed by atoms with Crippen molar-refractivity contribution in [1.29, 1.82) is 0 Å². The third-order valence-electron chi connectivity index (χ3n) is 12.0. The van der Waals surface area contributed by atoms with Crippen LogP contribution in [0.4, 0.5) is 11.4 Å². The Balaban J connectivity index is 1.34. The minimum Gasteiger partial charge on any atom is -0.478 e. The monoisotopic (exact) mass is 766 g/mol. The number of aliphatic hydroxyl groups is 1. The van der Waals surface area contributed by atoms with Gasteiger partial charge in [-0.25, -0.2) is 4.79 Å². The molecule has 1 unspecified atom stereocenters. The number of carbonyl (C=O) groups is 2. The Morgan fingerprint density at radius 1 is 0.759 bits per heavy atom. The van der Waals surface area contributed by atoms with Crippen LogP contribution < -0.4 is 9.80 Å². The molecular weight excluding hydrogens is 717 g/mol. The molecule has 2 N–H and O–H groups in total. The standard InChI is InChI=1S/C52H50N2O4/c1-51(2)27-26-40-38(30-51)31-52(3,4)48-43(40)24-20-36-28-37(29-44(46(36)48)54(7)49(56)34-17-21-39(22-18-34)53(5)6)42-23-19-33-10-8-9-11-41(33)47(42)45(55)25-14-32-12-15-35(16-13-32)50(57)58/h8-29,45,55H,30-31H2,1-7H3,(H,57,58). The summed E-state index contributed by atoms with van der Waals surface area (Å²) in [5.41, 5.74) is 11.0. The summed E-state index contributed by atoms with van der Waals surface area (Å²) in [6, 6.07) is 35.3. The van der Waals surface area contributed by atoms with E-state index in [0.717, 1.165) is 68.0 Å². The van der Waals surface area contributed by atoms with Crippen molar-refractivity contribution in [3.8, 4) is 11.1 Å². The molecule has 0 radical (unpaired) electrons. The number of carboxylic acid groups (broad SMARTS) is 1. The minimum absolute atomic E-state index is 0.0976. The molecule has 0 fully saturated rings. The van der Waals surface area contributed by atoms with Crippen LogP contribution in [0.15, 0.2) is 133 Å². The molecule has 1 amide bonds. The van der Waals surface area contributed by atoms with Gasteiger partial charge in [-0.3, -0.25) is 4.79 Å². The van der Waals surface area contributed by atoms with Gasteiger partial charge in [-0.15, -0.1) is 0 Å². The Morgan fingerprint density at radius 3 is 2.14 bits per heavy atom. The second kappa shape index (κ2) is 14.6. The van der Waals surface area contributed by atoms with Crippen molar-refractivity contribution in [2.45, 2.75) is 52.1 Å². The Kier molecular flexibility index (Phi) is 9.73. The topological polar surface area (TPSA) is 81.1 Å². The lowest BCUT2D eigenvalue weighted by Gasteiger charge is -2.41. The number of aromatic carboxylic acids is 1. The summed E-state index contributed by atoms with van der Waals surface area (Å²) in [6.07, 6.45) is 9.16. The number of carbonyl (C=O) groups excluding carboxylic acids is 1. The number of benzene rings is 6. The average molecular weight is 767 g/mol. The van der Waals surface area contributed by atoms with Gasteiger partial charge in [0.2, 0.25) is 0 Å². The first-order valence-corrected chi connectivity index (χ1v) is 19.9.